The van der Waals surface area contributed by atoms with Crippen LogP contribution in [0.15, 0.2) is 35.2 Å². The first-order valence-corrected chi connectivity index (χ1v) is 12.8. The molecule has 0 saturated carbocycles. The molecule has 3 heterocycles. The van der Waals surface area contributed by atoms with E-state index in [2.05, 4.69) is 4.57 Å². The predicted molar refractivity (Wildman–Crippen MR) is 125 cm³/mol. The number of sulfonamides is 1. The molecule has 0 radical (unpaired) electrons. The van der Waals surface area contributed by atoms with E-state index in [0.29, 0.717) is 38.4 Å². The molecule has 0 aliphatic carbocycles. The molecule has 33 heavy (non-hydrogen) atoms. The monoisotopic (exact) mass is 471 g/mol. The maximum atomic E-state index is 13.2. The smallest absolute Gasteiger partial charge is 0.243 e. The molecule has 176 valence electrons. The van der Waals surface area contributed by atoms with Crippen LogP contribution in [-0.2, 0) is 26.0 Å². The van der Waals surface area contributed by atoms with Crippen LogP contribution in [-0.4, -0.2) is 66.4 Å². The summed E-state index contributed by atoms with van der Waals surface area (Å²) in [5, 5.41) is 10.2. The molecule has 2 aliphatic heterocycles. The lowest BCUT2D eigenvalue weighted by Crippen LogP contribution is -2.40. The molecule has 2 aliphatic rings. The molecule has 9 heteroatoms. The summed E-state index contributed by atoms with van der Waals surface area (Å²) in [6, 6.07) is 9.00. The Labute approximate surface area is 193 Å². The minimum atomic E-state index is -3.62. The van der Waals surface area contributed by atoms with Crippen LogP contribution in [0.3, 0.4) is 0 Å². The lowest BCUT2D eigenvalue weighted by atomic mass is 10.1. The summed E-state index contributed by atoms with van der Waals surface area (Å²) >= 11 is 0. The molecule has 8 nitrogen and oxygen atoms in total. The van der Waals surface area contributed by atoms with Crippen molar-refractivity contribution in [1.29, 1.82) is 0 Å². The number of rotatable bonds is 5. The minimum absolute atomic E-state index is 0.0946. The molecule has 2 fully saturated rings. The van der Waals surface area contributed by atoms with E-state index in [-0.39, 0.29) is 16.7 Å². The second-order valence-corrected chi connectivity index (χ2v) is 10.7. The van der Waals surface area contributed by atoms with Gasteiger partial charge in [0.05, 0.1) is 41.8 Å². The van der Waals surface area contributed by atoms with E-state index in [4.69, 9.17) is 14.5 Å². The van der Waals surface area contributed by atoms with Gasteiger partial charge in [-0.05, 0) is 68.1 Å². The molecule has 2 aromatic carbocycles. The van der Waals surface area contributed by atoms with Crippen LogP contribution >= 0.6 is 0 Å². The Hall–Kier alpha value is -2.46. The summed E-state index contributed by atoms with van der Waals surface area (Å²) in [7, 11) is -3.62. The van der Waals surface area contributed by atoms with Gasteiger partial charge in [0.15, 0.2) is 0 Å². The molecule has 3 aromatic rings. The second-order valence-electron chi connectivity index (χ2n) is 8.81. The number of phenolic OH excluding ortho intramolecular Hbond substituents is 1. The van der Waals surface area contributed by atoms with Gasteiger partial charge in [0.1, 0.15) is 11.6 Å². The van der Waals surface area contributed by atoms with Crippen LogP contribution in [0.2, 0.25) is 0 Å². The Bertz CT molecular complexity index is 1270. The van der Waals surface area contributed by atoms with E-state index in [1.165, 1.54) is 4.31 Å². The van der Waals surface area contributed by atoms with Gasteiger partial charge in [-0.15, -0.1) is 0 Å². The molecule has 2 saturated heterocycles. The highest BCUT2D eigenvalue weighted by molar-refractivity contribution is 7.89. The fourth-order valence-corrected chi connectivity index (χ4v) is 6.12. The number of ether oxygens (including phenoxy) is 2. The number of aromatic nitrogens is 2. The summed E-state index contributed by atoms with van der Waals surface area (Å²) in [4.78, 5) is 5.11. The molecule has 0 bridgehead atoms. The van der Waals surface area contributed by atoms with Gasteiger partial charge in [0.25, 0.3) is 0 Å². The van der Waals surface area contributed by atoms with Gasteiger partial charge in [-0.1, -0.05) is 0 Å². The lowest BCUT2D eigenvalue weighted by molar-refractivity contribution is 0.0730. The first-order valence-electron chi connectivity index (χ1n) is 11.3. The average Bonchev–Trinajstić information content (AvgIpc) is 3.46. The number of nitrogens with zero attached hydrogens (tertiary/aromatic N) is 3. The lowest BCUT2D eigenvalue weighted by Gasteiger charge is -2.26. The Morgan fingerprint density at radius 3 is 2.48 bits per heavy atom. The molecule has 1 atom stereocenters. The Balaban J connectivity index is 1.62. The van der Waals surface area contributed by atoms with Crippen LogP contribution < -0.4 is 0 Å². The highest BCUT2D eigenvalue weighted by Crippen LogP contribution is 2.33. The fourth-order valence-electron chi connectivity index (χ4n) is 4.69. The predicted octanol–water partition coefficient (Wildman–Crippen LogP) is 3.23. The van der Waals surface area contributed by atoms with Crippen molar-refractivity contribution in [3.63, 3.8) is 0 Å². The maximum absolute atomic E-state index is 13.2. The van der Waals surface area contributed by atoms with E-state index >= 15 is 0 Å². The van der Waals surface area contributed by atoms with Crippen LogP contribution in [0.25, 0.3) is 22.4 Å². The van der Waals surface area contributed by atoms with Crippen molar-refractivity contribution in [1.82, 2.24) is 13.9 Å². The van der Waals surface area contributed by atoms with E-state index in [1.807, 2.05) is 32.0 Å². The molecular weight excluding hydrogens is 442 g/mol. The van der Waals surface area contributed by atoms with E-state index in [9.17, 15) is 13.5 Å². The van der Waals surface area contributed by atoms with Crippen LogP contribution in [0.1, 0.15) is 24.0 Å². The highest BCUT2D eigenvalue weighted by atomic mass is 32.2. The Kier molecular flexibility index (Phi) is 5.90. The van der Waals surface area contributed by atoms with Crippen molar-refractivity contribution in [2.45, 2.75) is 44.2 Å². The number of phenols is 1. The third kappa shape index (κ3) is 4.14. The average molecular weight is 472 g/mol. The normalized spacial score (nSPS) is 20.0. The summed E-state index contributed by atoms with van der Waals surface area (Å²) in [5.41, 5.74) is 3.92. The number of hydrogen-bond donors (Lipinski definition) is 1. The minimum Gasteiger partial charge on any atom is -0.507 e. The van der Waals surface area contributed by atoms with E-state index in [0.717, 1.165) is 47.5 Å². The number of morpholine rings is 1. The fraction of sp³-hybridized carbons (Fsp3) is 0.458. The maximum Gasteiger partial charge on any atom is 0.243 e. The van der Waals surface area contributed by atoms with E-state index in [1.54, 1.807) is 12.1 Å². The van der Waals surface area contributed by atoms with Crippen molar-refractivity contribution in [3.8, 4) is 17.1 Å². The second kappa shape index (κ2) is 8.72. The first kappa shape index (κ1) is 22.3. The SMILES string of the molecule is Cc1cc(-c2nc3cc(S(=O)(=O)N4CCOCC4)ccc3n2C[C@@H]2CCCO2)cc(C)c1O. The van der Waals surface area contributed by atoms with Gasteiger partial charge >= 0.3 is 0 Å². The quantitative estimate of drug-likeness (QED) is 0.614. The van der Waals surface area contributed by atoms with Crippen molar-refractivity contribution >= 4 is 21.1 Å². The van der Waals surface area contributed by atoms with Crippen molar-refractivity contribution in [3.05, 3.63) is 41.5 Å². The van der Waals surface area contributed by atoms with Gasteiger partial charge in [-0.25, -0.2) is 13.4 Å². The number of aromatic hydroxyl groups is 1. The third-order valence-electron chi connectivity index (χ3n) is 6.49. The standard InChI is InChI=1S/C24H29N3O5S/c1-16-12-18(13-17(2)23(16)28)24-25-21-14-20(33(29,30)26-7-10-31-11-8-26)5-6-22(21)27(24)15-19-4-3-9-32-19/h5-6,12-14,19,28H,3-4,7-11,15H2,1-2H3/t19-/m0/s1. The summed E-state index contributed by atoms with van der Waals surface area (Å²) < 4.78 is 41.1. The van der Waals surface area contributed by atoms with Gasteiger partial charge in [-0.3, -0.25) is 0 Å². The Morgan fingerprint density at radius 1 is 1.09 bits per heavy atom. The summed E-state index contributed by atoms with van der Waals surface area (Å²) in [6.07, 6.45) is 2.11. The van der Waals surface area contributed by atoms with Crippen molar-refractivity contribution < 1.29 is 23.0 Å². The first-order chi connectivity index (χ1) is 15.8. The molecule has 0 spiro atoms. The number of hydrogen-bond acceptors (Lipinski definition) is 6. The molecular formula is C24H29N3O5S. The van der Waals surface area contributed by atoms with Crippen LogP contribution in [0, 0.1) is 13.8 Å². The molecule has 1 aromatic heterocycles. The van der Waals surface area contributed by atoms with Gasteiger partial charge in [0.2, 0.25) is 10.0 Å². The zero-order chi connectivity index (χ0) is 23.2. The molecule has 1 N–H and O–H groups in total. The molecule has 0 unspecified atom stereocenters. The Morgan fingerprint density at radius 2 is 1.82 bits per heavy atom. The summed E-state index contributed by atoms with van der Waals surface area (Å²) in [6.45, 7) is 6.64. The van der Waals surface area contributed by atoms with E-state index < -0.39 is 10.0 Å². The number of fused-ring (bicyclic) bond motifs is 1. The van der Waals surface area contributed by atoms with Crippen molar-refractivity contribution in [2.24, 2.45) is 0 Å². The molecule has 5 rings (SSSR count). The van der Waals surface area contributed by atoms with Gasteiger partial charge in [-0.2, -0.15) is 4.31 Å². The number of benzene rings is 2. The van der Waals surface area contributed by atoms with Crippen LogP contribution in [0.5, 0.6) is 5.75 Å². The zero-order valence-corrected chi connectivity index (χ0v) is 19.8. The largest absolute Gasteiger partial charge is 0.507 e. The summed E-state index contributed by atoms with van der Waals surface area (Å²) in [5.74, 6) is 1.02. The zero-order valence-electron chi connectivity index (χ0n) is 19.0. The van der Waals surface area contributed by atoms with Gasteiger partial charge in [0, 0.05) is 25.3 Å². The third-order valence-corrected chi connectivity index (χ3v) is 8.38. The molecule has 0 amide bonds. The number of aryl methyl sites for hydroxylation is 2. The topological polar surface area (TPSA) is 93.9 Å². The highest BCUT2D eigenvalue weighted by Gasteiger charge is 2.28. The van der Waals surface area contributed by atoms with Gasteiger partial charge < -0.3 is 19.1 Å². The van der Waals surface area contributed by atoms with Crippen LogP contribution in [0.4, 0.5) is 0 Å². The number of imidazole rings is 1. The van der Waals surface area contributed by atoms with Crippen molar-refractivity contribution in [2.75, 3.05) is 32.9 Å².